The van der Waals surface area contributed by atoms with Crippen molar-refractivity contribution < 1.29 is 31.4 Å². The predicted octanol–water partition coefficient (Wildman–Crippen LogP) is 2.71. The van der Waals surface area contributed by atoms with Gasteiger partial charge in [0.05, 0.1) is 4.90 Å². The van der Waals surface area contributed by atoms with Crippen molar-refractivity contribution >= 4 is 9.84 Å². The summed E-state index contributed by atoms with van der Waals surface area (Å²) < 4.78 is 70.9. The maximum absolute atomic E-state index is 14.2. The number of sulfone groups is 1. The molecule has 1 fully saturated rings. The second-order valence-corrected chi connectivity index (χ2v) is 8.14. The van der Waals surface area contributed by atoms with Crippen molar-refractivity contribution in [2.24, 2.45) is 0 Å². The Bertz CT molecular complexity index is 741. The summed E-state index contributed by atoms with van der Waals surface area (Å²) in [6.45, 7) is 1.75. The van der Waals surface area contributed by atoms with E-state index in [0.29, 0.717) is 12.8 Å². The van der Waals surface area contributed by atoms with Crippen LogP contribution in [-0.2, 0) is 9.84 Å². The van der Waals surface area contributed by atoms with Crippen LogP contribution in [0.4, 0.5) is 13.2 Å². The summed E-state index contributed by atoms with van der Waals surface area (Å²) in [7, 11) is -3.89. The molecule has 1 aromatic rings. The second kappa shape index (κ2) is 4.38. The maximum Gasteiger partial charge on any atom is 0.312 e. The van der Waals surface area contributed by atoms with Crippen molar-refractivity contribution in [3.63, 3.8) is 0 Å². The summed E-state index contributed by atoms with van der Waals surface area (Å²) in [6, 6.07) is 2.26. The molecular formula is C14H15F3O4S. The first-order valence-electron chi connectivity index (χ1n) is 6.73. The number of alkyl halides is 3. The Morgan fingerprint density at radius 1 is 1.27 bits per heavy atom. The summed E-state index contributed by atoms with van der Waals surface area (Å²) in [6.07, 6.45) is -3.10. The van der Waals surface area contributed by atoms with E-state index in [-0.39, 0.29) is 5.75 Å². The molecule has 1 saturated carbocycles. The van der Waals surface area contributed by atoms with Gasteiger partial charge in [0.15, 0.2) is 16.0 Å². The highest BCUT2D eigenvalue weighted by Gasteiger charge is 2.59. The summed E-state index contributed by atoms with van der Waals surface area (Å²) >= 11 is 0. The van der Waals surface area contributed by atoms with Gasteiger partial charge in [-0.15, -0.1) is 0 Å². The van der Waals surface area contributed by atoms with Crippen molar-refractivity contribution in [3.8, 4) is 5.75 Å². The highest BCUT2D eigenvalue weighted by Crippen LogP contribution is 2.57. The summed E-state index contributed by atoms with van der Waals surface area (Å²) in [5.74, 6) is -4.22. The Balaban J connectivity index is 2.23. The molecule has 3 rings (SSSR count). The first-order valence-corrected chi connectivity index (χ1v) is 8.62. The summed E-state index contributed by atoms with van der Waals surface area (Å²) in [5.41, 5.74) is -1.71. The van der Waals surface area contributed by atoms with Crippen LogP contribution in [0, 0.1) is 0 Å². The predicted molar refractivity (Wildman–Crippen MR) is 71.6 cm³/mol. The van der Waals surface area contributed by atoms with Gasteiger partial charge < -0.3 is 9.84 Å². The van der Waals surface area contributed by atoms with Crippen LogP contribution in [0.15, 0.2) is 17.0 Å². The molecule has 22 heavy (non-hydrogen) atoms. The largest absolute Gasteiger partial charge is 0.487 e. The van der Waals surface area contributed by atoms with Crippen LogP contribution in [0.2, 0.25) is 0 Å². The van der Waals surface area contributed by atoms with Crippen LogP contribution in [0.1, 0.15) is 43.2 Å². The van der Waals surface area contributed by atoms with Gasteiger partial charge in [0.25, 0.3) is 0 Å². The molecule has 4 nitrogen and oxygen atoms in total. The van der Waals surface area contributed by atoms with Crippen LogP contribution in [-0.4, -0.2) is 31.3 Å². The lowest BCUT2D eigenvalue weighted by Crippen LogP contribution is -2.24. The van der Waals surface area contributed by atoms with Crippen LogP contribution in [0.3, 0.4) is 0 Å². The Hall–Kier alpha value is -1.28. The highest BCUT2D eigenvalue weighted by molar-refractivity contribution is 7.90. The standard InChI is InChI=1S/C14H15F3O4S/c1-13(5-6-13)21-7-3-4-8(22(2,19)20)10-9(7)11(15)14(16,17)12(10)18/h3-4,11-12,18H,5-6H2,1-2H3/t11-,12+/m1/s1. The monoisotopic (exact) mass is 336 g/mol. The quantitative estimate of drug-likeness (QED) is 0.922. The number of halogens is 3. The van der Waals surface area contributed by atoms with E-state index in [1.807, 2.05) is 0 Å². The number of rotatable bonds is 3. The molecule has 0 spiro atoms. The third-order valence-electron chi connectivity index (χ3n) is 4.15. The minimum atomic E-state index is -4.09. The van der Waals surface area contributed by atoms with E-state index >= 15 is 0 Å². The molecule has 0 heterocycles. The van der Waals surface area contributed by atoms with Gasteiger partial charge in [0.2, 0.25) is 0 Å². The molecule has 0 unspecified atom stereocenters. The van der Waals surface area contributed by atoms with Gasteiger partial charge in [-0.2, -0.15) is 8.78 Å². The fourth-order valence-corrected chi connectivity index (χ4v) is 3.56. The number of ether oxygens (including phenoxy) is 1. The van der Waals surface area contributed by atoms with E-state index in [9.17, 15) is 26.7 Å². The molecule has 2 atom stereocenters. The molecule has 0 saturated heterocycles. The maximum atomic E-state index is 14.2. The minimum Gasteiger partial charge on any atom is -0.487 e. The number of fused-ring (bicyclic) bond motifs is 1. The Morgan fingerprint density at radius 2 is 1.86 bits per heavy atom. The minimum absolute atomic E-state index is 0.133. The van der Waals surface area contributed by atoms with Crippen LogP contribution in [0.25, 0.3) is 0 Å². The first-order chi connectivity index (χ1) is 9.97. The van der Waals surface area contributed by atoms with E-state index < -0.39 is 49.7 Å². The Kier molecular flexibility index (Phi) is 3.11. The molecule has 122 valence electrons. The normalized spacial score (nSPS) is 28.3. The van der Waals surface area contributed by atoms with Gasteiger partial charge in [0, 0.05) is 17.4 Å². The zero-order valence-electron chi connectivity index (χ0n) is 11.9. The number of aliphatic hydroxyl groups excluding tert-OH is 1. The molecule has 0 aromatic heterocycles. The summed E-state index contributed by atoms with van der Waals surface area (Å²) in [4.78, 5) is -0.497. The van der Waals surface area contributed by atoms with Crippen molar-refractivity contribution in [3.05, 3.63) is 23.3 Å². The zero-order valence-corrected chi connectivity index (χ0v) is 12.8. The van der Waals surface area contributed by atoms with E-state index in [2.05, 4.69) is 0 Å². The van der Waals surface area contributed by atoms with Gasteiger partial charge >= 0.3 is 5.92 Å². The van der Waals surface area contributed by atoms with Crippen LogP contribution in [0.5, 0.6) is 5.75 Å². The third-order valence-corrected chi connectivity index (χ3v) is 5.30. The number of hydrogen-bond donors (Lipinski definition) is 1. The van der Waals surface area contributed by atoms with Gasteiger partial charge in [-0.3, -0.25) is 0 Å². The van der Waals surface area contributed by atoms with Gasteiger partial charge in [0.1, 0.15) is 17.5 Å². The molecule has 0 amide bonds. The zero-order chi connectivity index (χ0) is 16.5. The average Bonchev–Trinajstić information content (AvgIpc) is 3.08. The van der Waals surface area contributed by atoms with E-state index in [1.165, 1.54) is 6.07 Å². The molecule has 0 bridgehead atoms. The van der Waals surface area contributed by atoms with Gasteiger partial charge in [-0.1, -0.05) is 0 Å². The fraction of sp³-hybridized carbons (Fsp3) is 0.571. The van der Waals surface area contributed by atoms with Crippen LogP contribution >= 0.6 is 0 Å². The topological polar surface area (TPSA) is 63.6 Å². The van der Waals surface area contributed by atoms with Gasteiger partial charge in [-0.05, 0) is 31.9 Å². The van der Waals surface area contributed by atoms with Crippen molar-refractivity contribution in [1.82, 2.24) is 0 Å². The van der Waals surface area contributed by atoms with E-state index in [4.69, 9.17) is 4.74 Å². The Labute approximate surface area is 125 Å². The van der Waals surface area contributed by atoms with Crippen molar-refractivity contribution in [2.45, 2.75) is 48.5 Å². The Morgan fingerprint density at radius 3 is 2.36 bits per heavy atom. The SMILES string of the molecule is CC1(Oc2ccc(S(C)(=O)=O)c3c2[C@@H](F)C(F)(F)[C@H]3O)CC1. The lowest BCUT2D eigenvalue weighted by Gasteiger charge is -2.18. The van der Waals surface area contributed by atoms with Gasteiger partial charge in [-0.25, -0.2) is 12.8 Å². The number of hydrogen-bond acceptors (Lipinski definition) is 4. The van der Waals surface area contributed by atoms with Crippen molar-refractivity contribution in [2.75, 3.05) is 6.26 Å². The molecule has 0 aliphatic heterocycles. The lowest BCUT2D eigenvalue weighted by atomic mass is 10.1. The number of aliphatic hydroxyl groups is 1. The van der Waals surface area contributed by atoms with E-state index in [0.717, 1.165) is 12.3 Å². The summed E-state index contributed by atoms with van der Waals surface area (Å²) in [5, 5.41) is 9.75. The third kappa shape index (κ3) is 2.20. The highest BCUT2D eigenvalue weighted by atomic mass is 32.2. The smallest absolute Gasteiger partial charge is 0.312 e. The van der Waals surface area contributed by atoms with Crippen molar-refractivity contribution in [1.29, 1.82) is 0 Å². The van der Waals surface area contributed by atoms with E-state index in [1.54, 1.807) is 6.92 Å². The number of benzene rings is 1. The second-order valence-electron chi connectivity index (χ2n) is 6.15. The molecule has 2 aliphatic carbocycles. The first kappa shape index (κ1) is 15.6. The fourth-order valence-electron chi connectivity index (χ4n) is 2.62. The molecule has 0 radical (unpaired) electrons. The molecule has 1 N–H and O–H groups in total. The molecule has 2 aliphatic rings. The average molecular weight is 336 g/mol. The lowest BCUT2D eigenvalue weighted by molar-refractivity contribution is -0.144. The van der Waals surface area contributed by atoms with Crippen LogP contribution < -0.4 is 4.74 Å². The molecular weight excluding hydrogens is 321 g/mol. The molecule has 8 heteroatoms. The molecule has 1 aromatic carbocycles.